The van der Waals surface area contributed by atoms with Gasteiger partial charge in [-0.2, -0.15) is 0 Å². The minimum absolute atomic E-state index is 0.191. The van der Waals surface area contributed by atoms with E-state index >= 15 is 0 Å². The van der Waals surface area contributed by atoms with Crippen LogP contribution in [0.25, 0.3) is 0 Å². The molecule has 0 unspecified atom stereocenters. The second-order valence-corrected chi connectivity index (χ2v) is 5.05. The lowest BCUT2D eigenvalue weighted by Gasteiger charge is -2.04. The van der Waals surface area contributed by atoms with E-state index in [2.05, 4.69) is 26.7 Å². The number of rotatable bonds is 4. The molecule has 0 bridgehead atoms. The number of aryl methyl sites for hydroxylation is 1. The highest BCUT2D eigenvalue weighted by Gasteiger charge is 2.15. The fourth-order valence-corrected chi connectivity index (χ4v) is 2.39. The summed E-state index contributed by atoms with van der Waals surface area (Å²) in [4.78, 5) is 12.8. The molecule has 0 aliphatic carbocycles. The molecule has 6 heteroatoms. The predicted octanol–water partition coefficient (Wildman–Crippen LogP) is 2.09. The first-order valence-corrected chi connectivity index (χ1v) is 7.34. The summed E-state index contributed by atoms with van der Waals surface area (Å²) in [6, 6.07) is 7.16. The normalized spacial score (nSPS) is 9.81. The van der Waals surface area contributed by atoms with E-state index in [1.54, 1.807) is 18.2 Å². The third-order valence-corrected chi connectivity index (χ3v) is 3.45. The van der Waals surface area contributed by atoms with Crippen LogP contribution in [0.15, 0.2) is 24.3 Å². The van der Waals surface area contributed by atoms with Crippen LogP contribution in [-0.4, -0.2) is 27.2 Å². The highest BCUT2D eigenvalue weighted by Crippen LogP contribution is 2.16. The Morgan fingerprint density at radius 1 is 1.48 bits per heavy atom. The highest BCUT2D eigenvalue weighted by molar-refractivity contribution is 7.08. The number of nitrogens with zero attached hydrogens (tertiary/aromatic N) is 2. The number of aliphatic hydroxyl groups is 1. The van der Waals surface area contributed by atoms with Crippen LogP contribution in [0.1, 0.15) is 34.3 Å². The molecule has 0 saturated heterocycles. The van der Waals surface area contributed by atoms with Crippen molar-refractivity contribution in [1.29, 1.82) is 0 Å². The lowest BCUT2D eigenvalue weighted by molar-refractivity contribution is 0.102. The summed E-state index contributed by atoms with van der Waals surface area (Å²) < 4.78 is 3.84. The zero-order valence-electron chi connectivity index (χ0n) is 11.6. The maximum Gasteiger partial charge on any atom is 0.269 e. The molecule has 0 aliphatic rings. The van der Waals surface area contributed by atoms with Gasteiger partial charge in [-0.15, -0.1) is 5.10 Å². The van der Waals surface area contributed by atoms with Gasteiger partial charge in [0.05, 0.1) is 5.69 Å². The molecule has 5 nitrogen and oxygen atoms in total. The number of carbonyl (C=O) groups excluding carboxylic acids is 1. The van der Waals surface area contributed by atoms with Crippen LogP contribution in [-0.2, 0) is 6.42 Å². The van der Waals surface area contributed by atoms with Crippen LogP contribution in [0.2, 0.25) is 0 Å². The van der Waals surface area contributed by atoms with Gasteiger partial charge in [-0.1, -0.05) is 35.7 Å². The summed E-state index contributed by atoms with van der Waals surface area (Å²) in [6.07, 6.45) is 1.65. The molecule has 1 amide bonds. The average molecular weight is 301 g/mol. The van der Waals surface area contributed by atoms with E-state index in [9.17, 15) is 4.79 Å². The van der Waals surface area contributed by atoms with E-state index in [0.29, 0.717) is 10.6 Å². The zero-order valence-corrected chi connectivity index (χ0v) is 12.4. The molecule has 0 aliphatic heterocycles. The third-order valence-electron chi connectivity index (χ3n) is 2.68. The second kappa shape index (κ2) is 7.53. The molecular formula is C15H15N3O2S. The van der Waals surface area contributed by atoms with Crippen LogP contribution in [0.4, 0.5) is 5.69 Å². The molecule has 2 rings (SSSR count). The Morgan fingerprint density at radius 3 is 3.10 bits per heavy atom. The molecule has 21 heavy (non-hydrogen) atoms. The number of amides is 1. The van der Waals surface area contributed by atoms with E-state index < -0.39 is 0 Å². The largest absolute Gasteiger partial charge is 0.384 e. The summed E-state index contributed by atoms with van der Waals surface area (Å²) in [7, 11) is 0. The van der Waals surface area contributed by atoms with Gasteiger partial charge in [0, 0.05) is 11.3 Å². The van der Waals surface area contributed by atoms with Crippen LogP contribution in [0, 0.1) is 11.8 Å². The molecule has 1 aromatic heterocycles. The van der Waals surface area contributed by atoms with Crippen molar-refractivity contribution in [3.8, 4) is 11.8 Å². The van der Waals surface area contributed by atoms with Crippen molar-refractivity contribution in [2.45, 2.75) is 19.8 Å². The first-order valence-electron chi connectivity index (χ1n) is 6.57. The minimum atomic E-state index is -0.208. The molecule has 0 fully saturated rings. The average Bonchev–Trinajstić information content (AvgIpc) is 2.94. The Kier molecular flexibility index (Phi) is 5.43. The number of anilines is 1. The summed E-state index contributed by atoms with van der Waals surface area (Å²) >= 11 is 1.10. The van der Waals surface area contributed by atoms with Crippen LogP contribution in [0.5, 0.6) is 0 Å². The first-order chi connectivity index (χ1) is 10.2. The molecule has 0 saturated carbocycles. The van der Waals surface area contributed by atoms with Crippen molar-refractivity contribution in [1.82, 2.24) is 9.59 Å². The topological polar surface area (TPSA) is 75.1 Å². The molecule has 2 aromatic rings. The minimum Gasteiger partial charge on any atom is -0.384 e. The van der Waals surface area contributed by atoms with Gasteiger partial charge in [0.15, 0.2) is 0 Å². The van der Waals surface area contributed by atoms with E-state index in [1.165, 1.54) is 0 Å². The van der Waals surface area contributed by atoms with E-state index in [0.717, 1.165) is 35.6 Å². The van der Waals surface area contributed by atoms with Gasteiger partial charge in [0.1, 0.15) is 11.5 Å². The number of nitrogens with one attached hydrogen (secondary N) is 1. The maximum absolute atomic E-state index is 12.2. The Morgan fingerprint density at radius 2 is 2.33 bits per heavy atom. The molecule has 0 atom stereocenters. The smallest absolute Gasteiger partial charge is 0.269 e. The first kappa shape index (κ1) is 15.2. The fraction of sp³-hybridized carbons (Fsp3) is 0.267. The van der Waals surface area contributed by atoms with Gasteiger partial charge in [0.2, 0.25) is 0 Å². The second-order valence-electron chi connectivity index (χ2n) is 4.29. The lowest BCUT2D eigenvalue weighted by Crippen LogP contribution is -2.12. The maximum atomic E-state index is 12.2. The van der Waals surface area contributed by atoms with E-state index in [1.807, 2.05) is 13.0 Å². The van der Waals surface area contributed by atoms with Crippen molar-refractivity contribution < 1.29 is 9.90 Å². The Labute approximate surface area is 127 Å². The number of carbonyl (C=O) groups is 1. The molecule has 108 valence electrons. The van der Waals surface area contributed by atoms with Crippen molar-refractivity contribution in [2.75, 3.05) is 11.9 Å². The predicted molar refractivity (Wildman–Crippen MR) is 82.3 cm³/mol. The molecule has 2 N–H and O–H groups in total. The summed E-state index contributed by atoms with van der Waals surface area (Å²) in [5, 5.41) is 15.5. The van der Waals surface area contributed by atoms with E-state index in [-0.39, 0.29) is 12.5 Å². The number of aromatic nitrogens is 2. The van der Waals surface area contributed by atoms with Crippen LogP contribution >= 0.6 is 11.5 Å². The number of hydrogen-bond donors (Lipinski definition) is 2. The van der Waals surface area contributed by atoms with Crippen molar-refractivity contribution in [3.63, 3.8) is 0 Å². The van der Waals surface area contributed by atoms with Crippen LogP contribution < -0.4 is 5.32 Å². The number of benzene rings is 1. The summed E-state index contributed by atoms with van der Waals surface area (Å²) in [6.45, 7) is 1.84. The fourth-order valence-electron chi connectivity index (χ4n) is 1.79. The Bertz CT molecular complexity index is 685. The lowest BCUT2D eigenvalue weighted by atomic mass is 10.2. The van der Waals surface area contributed by atoms with Crippen molar-refractivity contribution in [2.24, 2.45) is 0 Å². The Balaban J connectivity index is 2.14. The standard InChI is InChI=1S/C15H15N3O2S/c1-2-5-13-14(21-18-17-13)15(20)16-12-8-3-6-11(10-12)7-4-9-19/h3,6,8,10,19H,2,5,9H2,1H3,(H,16,20). The highest BCUT2D eigenvalue weighted by atomic mass is 32.1. The number of aliphatic hydroxyl groups excluding tert-OH is 1. The molecule has 1 aromatic carbocycles. The SMILES string of the molecule is CCCc1nnsc1C(=O)Nc1cccc(C#CCO)c1. The quantitative estimate of drug-likeness (QED) is 0.848. The molecule has 0 spiro atoms. The Hall–Kier alpha value is -2.23. The van der Waals surface area contributed by atoms with Gasteiger partial charge in [-0.3, -0.25) is 4.79 Å². The van der Waals surface area contributed by atoms with Gasteiger partial charge in [0.25, 0.3) is 5.91 Å². The van der Waals surface area contributed by atoms with Crippen molar-refractivity contribution in [3.05, 3.63) is 40.4 Å². The number of hydrogen-bond acceptors (Lipinski definition) is 5. The van der Waals surface area contributed by atoms with Gasteiger partial charge in [-0.05, 0) is 36.2 Å². The monoisotopic (exact) mass is 301 g/mol. The zero-order chi connectivity index (χ0) is 15.1. The van der Waals surface area contributed by atoms with Gasteiger partial charge >= 0.3 is 0 Å². The molecular weight excluding hydrogens is 286 g/mol. The summed E-state index contributed by atoms with van der Waals surface area (Å²) in [5.41, 5.74) is 2.12. The van der Waals surface area contributed by atoms with Gasteiger partial charge < -0.3 is 10.4 Å². The van der Waals surface area contributed by atoms with Gasteiger partial charge in [-0.25, -0.2) is 0 Å². The summed E-state index contributed by atoms with van der Waals surface area (Å²) in [5.74, 6) is 5.17. The van der Waals surface area contributed by atoms with Crippen molar-refractivity contribution >= 4 is 23.1 Å². The van der Waals surface area contributed by atoms with E-state index in [4.69, 9.17) is 5.11 Å². The molecule has 0 radical (unpaired) electrons. The molecule has 1 heterocycles. The third kappa shape index (κ3) is 4.12. The van der Waals surface area contributed by atoms with Crippen LogP contribution in [0.3, 0.4) is 0 Å².